The molecule has 0 unspecified atom stereocenters. The van der Waals surface area contributed by atoms with E-state index < -0.39 is 5.54 Å². The van der Waals surface area contributed by atoms with Crippen LogP contribution in [0.2, 0.25) is 0 Å². The minimum Gasteiger partial charge on any atom is -0.351 e. The molecule has 1 atom stereocenters. The van der Waals surface area contributed by atoms with Crippen LogP contribution in [0.5, 0.6) is 0 Å². The van der Waals surface area contributed by atoms with Gasteiger partial charge in [-0.1, -0.05) is 97.6 Å². The zero-order valence-electron chi connectivity index (χ0n) is 21.3. The van der Waals surface area contributed by atoms with Crippen molar-refractivity contribution in [3.05, 3.63) is 107 Å². The molecule has 4 aromatic rings. The van der Waals surface area contributed by atoms with E-state index in [4.69, 9.17) is 0 Å². The number of aryl methyl sites for hydroxylation is 1. The third-order valence-electron chi connectivity index (χ3n) is 8.15. The predicted molar refractivity (Wildman–Crippen MR) is 146 cm³/mol. The Balaban J connectivity index is 1.53. The number of hydrogen-bond donors (Lipinski definition) is 1. The Bertz CT molecular complexity index is 1430. The van der Waals surface area contributed by atoms with Crippen LogP contribution in [0.4, 0.5) is 0 Å². The molecule has 3 aromatic carbocycles. The highest BCUT2D eigenvalue weighted by atomic mass is 16.2. The summed E-state index contributed by atoms with van der Waals surface area (Å²) in [7, 11) is 0. The van der Waals surface area contributed by atoms with Gasteiger partial charge in [-0.25, -0.2) is 0 Å². The zero-order chi connectivity index (χ0) is 25.4. The normalized spacial score (nSPS) is 20.1. The number of rotatable bonds is 5. The van der Waals surface area contributed by atoms with Gasteiger partial charge in [0.15, 0.2) is 5.54 Å². The molecule has 1 fully saturated rings. The van der Waals surface area contributed by atoms with Gasteiger partial charge in [-0.2, -0.15) is 0 Å². The van der Waals surface area contributed by atoms with Gasteiger partial charge in [-0.3, -0.25) is 9.59 Å². The summed E-state index contributed by atoms with van der Waals surface area (Å²) in [6.45, 7) is 2.78. The average Bonchev–Trinajstić information content (AvgIpc) is 3.31. The molecule has 188 valence electrons. The summed E-state index contributed by atoms with van der Waals surface area (Å²) in [5.74, 6) is -0.208. The number of nitrogens with one attached hydrogen (secondary N) is 1. The van der Waals surface area contributed by atoms with Gasteiger partial charge >= 0.3 is 0 Å². The Morgan fingerprint density at radius 3 is 2.38 bits per heavy atom. The highest BCUT2D eigenvalue weighted by Gasteiger charge is 2.52. The van der Waals surface area contributed by atoms with Crippen molar-refractivity contribution < 1.29 is 9.59 Å². The number of benzene rings is 3. The SMILES string of the molecule is Cc1ccc(CN2C(=O)c3cc4ccccc4n3C[C@]2(C(=O)NC2CCCCC2)c2ccccc2)cc1. The van der Waals surface area contributed by atoms with Crippen LogP contribution >= 0.6 is 0 Å². The van der Waals surface area contributed by atoms with Crippen molar-refractivity contribution in [2.24, 2.45) is 0 Å². The first-order chi connectivity index (χ1) is 18.1. The molecular formula is C32H33N3O2. The molecular weight excluding hydrogens is 458 g/mol. The van der Waals surface area contributed by atoms with Crippen molar-refractivity contribution in [2.45, 2.75) is 63.7 Å². The highest BCUT2D eigenvalue weighted by Crippen LogP contribution is 2.40. The summed E-state index contributed by atoms with van der Waals surface area (Å²) < 4.78 is 2.05. The smallest absolute Gasteiger partial charge is 0.272 e. The zero-order valence-corrected chi connectivity index (χ0v) is 21.3. The molecule has 0 spiro atoms. The van der Waals surface area contributed by atoms with Gasteiger partial charge in [0.2, 0.25) is 0 Å². The molecule has 0 saturated heterocycles. The van der Waals surface area contributed by atoms with Gasteiger partial charge in [-0.15, -0.1) is 0 Å². The lowest BCUT2D eigenvalue weighted by Gasteiger charge is -2.47. The van der Waals surface area contributed by atoms with Gasteiger partial charge in [0.25, 0.3) is 11.8 Å². The van der Waals surface area contributed by atoms with Crippen LogP contribution in [0, 0.1) is 6.92 Å². The summed E-state index contributed by atoms with van der Waals surface area (Å²) in [6, 6.07) is 28.3. The fourth-order valence-corrected chi connectivity index (χ4v) is 6.10. The third kappa shape index (κ3) is 4.12. The predicted octanol–water partition coefficient (Wildman–Crippen LogP) is 5.95. The minimum atomic E-state index is -1.17. The first-order valence-electron chi connectivity index (χ1n) is 13.4. The number of para-hydroxylation sites is 1. The fourth-order valence-electron chi connectivity index (χ4n) is 6.10. The Morgan fingerprint density at radius 1 is 0.919 bits per heavy atom. The maximum absolute atomic E-state index is 14.5. The Hall–Kier alpha value is -3.86. The maximum Gasteiger partial charge on any atom is 0.272 e. The second-order valence-electron chi connectivity index (χ2n) is 10.6. The monoisotopic (exact) mass is 491 g/mol. The second-order valence-corrected chi connectivity index (χ2v) is 10.6. The van der Waals surface area contributed by atoms with Crippen molar-refractivity contribution in [1.82, 2.24) is 14.8 Å². The van der Waals surface area contributed by atoms with Crippen molar-refractivity contribution in [3.63, 3.8) is 0 Å². The largest absolute Gasteiger partial charge is 0.351 e. The fraction of sp³-hybridized carbons (Fsp3) is 0.312. The van der Waals surface area contributed by atoms with E-state index in [0.29, 0.717) is 18.8 Å². The number of nitrogens with zero attached hydrogens (tertiary/aromatic N) is 2. The van der Waals surface area contributed by atoms with E-state index in [-0.39, 0.29) is 17.9 Å². The first-order valence-corrected chi connectivity index (χ1v) is 13.4. The molecule has 1 N–H and O–H groups in total. The molecule has 0 radical (unpaired) electrons. The van der Waals surface area contributed by atoms with Crippen molar-refractivity contribution in [1.29, 1.82) is 0 Å². The van der Waals surface area contributed by atoms with Crippen molar-refractivity contribution in [2.75, 3.05) is 0 Å². The lowest BCUT2D eigenvalue weighted by Crippen LogP contribution is -2.64. The average molecular weight is 492 g/mol. The number of hydrogen-bond acceptors (Lipinski definition) is 2. The van der Waals surface area contributed by atoms with E-state index in [2.05, 4.69) is 41.1 Å². The molecule has 1 aromatic heterocycles. The standard InChI is InChI=1S/C32H33N3O2/c1-23-16-18-24(19-17-23)21-35-30(36)29-20-25-10-8-9-15-28(25)34(29)22-32(35,26-11-4-2-5-12-26)31(37)33-27-13-6-3-7-14-27/h2,4-5,8-12,15-20,27H,3,6-7,13-14,21-22H2,1H3,(H,33,37)/t32-/m1/s1. The van der Waals surface area contributed by atoms with E-state index in [1.807, 2.05) is 65.6 Å². The van der Waals surface area contributed by atoms with Crippen molar-refractivity contribution >= 4 is 22.7 Å². The van der Waals surface area contributed by atoms with Crippen LogP contribution in [0.3, 0.4) is 0 Å². The third-order valence-corrected chi connectivity index (χ3v) is 8.15. The summed E-state index contributed by atoms with van der Waals surface area (Å²) in [4.78, 5) is 30.7. The van der Waals surface area contributed by atoms with Gasteiger partial charge in [-0.05, 0) is 43.0 Å². The van der Waals surface area contributed by atoms with Gasteiger partial charge in [0.05, 0.1) is 6.54 Å². The van der Waals surface area contributed by atoms with E-state index in [1.165, 1.54) is 12.0 Å². The topological polar surface area (TPSA) is 54.3 Å². The lowest BCUT2D eigenvalue weighted by molar-refractivity contribution is -0.136. The Morgan fingerprint density at radius 2 is 1.62 bits per heavy atom. The van der Waals surface area contributed by atoms with Gasteiger partial charge in [0.1, 0.15) is 5.69 Å². The molecule has 2 amide bonds. The molecule has 0 bridgehead atoms. The first kappa shape index (κ1) is 23.5. The van der Waals surface area contributed by atoms with Gasteiger partial charge in [0, 0.05) is 23.5 Å². The number of carbonyl (C=O) groups excluding carboxylic acids is 2. The molecule has 1 aliphatic carbocycles. The molecule has 1 saturated carbocycles. The Labute approximate surface area is 218 Å². The number of fused-ring (bicyclic) bond motifs is 3. The van der Waals surface area contributed by atoms with Crippen LogP contribution in [0.25, 0.3) is 10.9 Å². The number of amides is 2. The molecule has 5 heteroatoms. The molecule has 6 rings (SSSR count). The van der Waals surface area contributed by atoms with Crippen LogP contribution in [-0.2, 0) is 23.4 Å². The van der Waals surface area contributed by atoms with Crippen LogP contribution < -0.4 is 5.32 Å². The summed E-state index contributed by atoms with van der Waals surface area (Å²) in [5, 5.41) is 4.41. The Kier molecular flexibility index (Phi) is 6.07. The summed E-state index contributed by atoms with van der Waals surface area (Å²) in [5.41, 5.74) is 3.45. The molecule has 37 heavy (non-hydrogen) atoms. The van der Waals surface area contributed by atoms with Crippen LogP contribution in [-0.4, -0.2) is 27.3 Å². The second kappa shape index (κ2) is 9.55. The van der Waals surface area contributed by atoms with E-state index in [9.17, 15) is 9.59 Å². The summed E-state index contributed by atoms with van der Waals surface area (Å²) >= 11 is 0. The lowest BCUT2D eigenvalue weighted by atomic mass is 9.83. The minimum absolute atomic E-state index is 0.0884. The quantitative estimate of drug-likeness (QED) is 0.375. The van der Waals surface area contributed by atoms with Gasteiger partial charge < -0.3 is 14.8 Å². The number of carbonyl (C=O) groups is 2. The van der Waals surface area contributed by atoms with Crippen LogP contribution in [0.15, 0.2) is 84.9 Å². The number of aromatic nitrogens is 1. The summed E-state index contributed by atoms with van der Waals surface area (Å²) in [6.07, 6.45) is 5.44. The molecule has 5 nitrogen and oxygen atoms in total. The maximum atomic E-state index is 14.5. The van der Waals surface area contributed by atoms with E-state index in [0.717, 1.165) is 47.7 Å². The molecule has 2 heterocycles. The molecule has 1 aliphatic heterocycles. The van der Waals surface area contributed by atoms with Crippen LogP contribution in [0.1, 0.15) is 59.3 Å². The van der Waals surface area contributed by atoms with Crippen molar-refractivity contribution in [3.8, 4) is 0 Å². The molecule has 2 aliphatic rings. The highest BCUT2D eigenvalue weighted by molar-refractivity contribution is 6.04. The van der Waals surface area contributed by atoms with E-state index >= 15 is 0 Å². The van der Waals surface area contributed by atoms with E-state index in [1.54, 1.807) is 0 Å².